The number of hydrogen-bond acceptors (Lipinski definition) is 3. The Hall–Kier alpha value is -1.52. The molecule has 2 N–H and O–H groups in total. The summed E-state index contributed by atoms with van der Waals surface area (Å²) in [5.74, 6) is -0.134. The van der Waals surface area contributed by atoms with Crippen LogP contribution in [0, 0.1) is 6.92 Å². The first-order valence-electron chi connectivity index (χ1n) is 4.74. The summed E-state index contributed by atoms with van der Waals surface area (Å²) in [5.41, 5.74) is 0.210. The second-order valence-electron chi connectivity index (χ2n) is 3.49. The molecule has 6 heteroatoms. The number of nitrogens with zero attached hydrogens (tertiary/aromatic N) is 1. The summed E-state index contributed by atoms with van der Waals surface area (Å²) in [4.78, 5) is 17.9. The van der Waals surface area contributed by atoms with Crippen molar-refractivity contribution in [1.82, 2.24) is 9.97 Å². The highest BCUT2D eigenvalue weighted by molar-refractivity contribution is 6.35. The van der Waals surface area contributed by atoms with Gasteiger partial charge >= 0.3 is 0 Å². The van der Waals surface area contributed by atoms with E-state index >= 15 is 0 Å². The second-order valence-corrected chi connectivity index (χ2v) is 4.33. The van der Waals surface area contributed by atoms with Crippen molar-refractivity contribution < 1.29 is 5.11 Å². The largest absolute Gasteiger partial charge is 0.493 e. The quantitative estimate of drug-likeness (QED) is 0.838. The zero-order valence-corrected chi connectivity index (χ0v) is 10.3. The molecular formula is C11H8Cl2N2O2. The highest BCUT2D eigenvalue weighted by Gasteiger charge is 2.11. The number of aromatic nitrogens is 2. The molecule has 17 heavy (non-hydrogen) atoms. The maximum atomic E-state index is 11.5. The minimum Gasteiger partial charge on any atom is -0.493 e. The van der Waals surface area contributed by atoms with Gasteiger partial charge in [-0.25, -0.2) is 0 Å². The van der Waals surface area contributed by atoms with Crippen LogP contribution in [-0.2, 0) is 0 Å². The topological polar surface area (TPSA) is 66.0 Å². The first-order valence-corrected chi connectivity index (χ1v) is 5.50. The maximum absolute atomic E-state index is 11.5. The molecule has 4 nitrogen and oxygen atoms in total. The van der Waals surface area contributed by atoms with Gasteiger partial charge in [-0.05, 0) is 25.1 Å². The molecular weight excluding hydrogens is 263 g/mol. The standard InChI is InChI=1S/C11H8Cl2N2O2/c1-5-10(16)14-9(15-11(5)17)7-4-6(12)2-3-8(7)13/h2-4H,1H3,(H2,14,15,16,17). The Morgan fingerprint density at radius 2 is 2.06 bits per heavy atom. The molecule has 1 heterocycles. The van der Waals surface area contributed by atoms with Crippen LogP contribution in [0.5, 0.6) is 5.88 Å². The maximum Gasteiger partial charge on any atom is 0.257 e. The van der Waals surface area contributed by atoms with Crippen LogP contribution in [0.4, 0.5) is 0 Å². The first-order chi connectivity index (χ1) is 7.99. The summed E-state index contributed by atoms with van der Waals surface area (Å²) >= 11 is 11.8. The molecule has 0 saturated heterocycles. The van der Waals surface area contributed by atoms with Crippen molar-refractivity contribution in [1.29, 1.82) is 0 Å². The van der Waals surface area contributed by atoms with E-state index in [1.54, 1.807) is 18.2 Å². The van der Waals surface area contributed by atoms with E-state index in [0.717, 1.165) is 0 Å². The van der Waals surface area contributed by atoms with Crippen LogP contribution in [0.15, 0.2) is 23.0 Å². The second kappa shape index (κ2) is 4.39. The van der Waals surface area contributed by atoms with Crippen molar-refractivity contribution in [2.45, 2.75) is 6.92 Å². The van der Waals surface area contributed by atoms with Crippen LogP contribution >= 0.6 is 23.2 Å². The van der Waals surface area contributed by atoms with Gasteiger partial charge in [0.05, 0.1) is 10.6 Å². The van der Waals surface area contributed by atoms with E-state index in [4.69, 9.17) is 23.2 Å². The Labute approximate surface area is 107 Å². The third-order valence-electron chi connectivity index (χ3n) is 2.31. The van der Waals surface area contributed by atoms with Gasteiger partial charge in [-0.1, -0.05) is 23.2 Å². The summed E-state index contributed by atoms with van der Waals surface area (Å²) in [7, 11) is 0. The van der Waals surface area contributed by atoms with Crippen molar-refractivity contribution in [3.63, 3.8) is 0 Å². The smallest absolute Gasteiger partial charge is 0.257 e. The lowest BCUT2D eigenvalue weighted by atomic mass is 10.2. The predicted octanol–water partition coefficient (Wildman–Crippen LogP) is 2.76. The molecule has 0 bridgehead atoms. The Bertz CT molecular complexity index is 638. The molecule has 0 amide bonds. The fourth-order valence-electron chi connectivity index (χ4n) is 1.33. The molecule has 0 fully saturated rings. The zero-order chi connectivity index (χ0) is 12.6. The predicted molar refractivity (Wildman–Crippen MR) is 66.7 cm³/mol. The van der Waals surface area contributed by atoms with Crippen LogP contribution in [0.3, 0.4) is 0 Å². The molecule has 2 rings (SSSR count). The molecule has 0 aliphatic heterocycles. The van der Waals surface area contributed by atoms with Gasteiger partial charge < -0.3 is 10.1 Å². The summed E-state index contributed by atoms with van der Waals surface area (Å²) in [6, 6.07) is 4.78. The van der Waals surface area contributed by atoms with Crippen molar-refractivity contribution in [2.24, 2.45) is 0 Å². The van der Waals surface area contributed by atoms with E-state index in [9.17, 15) is 9.90 Å². The molecule has 0 aliphatic rings. The van der Waals surface area contributed by atoms with E-state index in [2.05, 4.69) is 9.97 Å². The summed E-state index contributed by atoms with van der Waals surface area (Å²) < 4.78 is 0. The van der Waals surface area contributed by atoms with Crippen molar-refractivity contribution >= 4 is 23.2 Å². The Morgan fingerprint density at radius 3 is 2.71 bits per heavy atom. The zero-order valence-electron chi connectivity index (χ0n) is 8.79. The number of halogens is 2. The van der Waals surface area contributed by atoms with E-state index in [1.807, 2.05) is 0 Å². The van der Waals surface area contributed by atoms with Crippen LogP contribution in [-0.4, -0.2) is 15.1 Å². The number of rotatable bonds is 1. The summed E-state index contributed by atoms with van der Waals surface area (Å²) in [6.07, 6.45) is 0. The van der Waals surface area contributed by atoms with Gasteiger partial charge in [-0.15, -0.1) is 0 Å². The number of aromatic amines is 1. The first kappa shape index (κ1) is 12.0. The number of H-pyrrole nitrogens is 1. The van der Waals surface area contributed by atoms with Gasteiger partial charge in [-0.3, -0.25) is 4.79 Å². The van der Waals surface area contributed by atoms with Crippen LogP contribution in [0.2, 0.25) is 10.0 Å². The Kier molecular flexibility index (Phi) is 3.09. The normalized spacial score (nSPS) is 10.5. The van der Waals surface area contributed by atoms with E-state index in [0.29, 0.717) is 15.6 Å². The molecule has 1 aromatic heterocycles. The SMILES string of the molecule is Cc1c(O)nc(-c2cc(Cl)ccc2Cl)[nH]c1=O. The Balaban J connectivity index is 2.69. The molecule has 0 aliphatic carbocycles. The third-order valence-corrected chi connectivity index (χ3v) is 2.87. The fourth-order valence-corrected chi connectivity index (χ4v) is 1.71. The van der Waals surface area contributed by atoms with E-state index in [-0.39, 0.29) is 17.3 Å². The number of benzene rings is 1. The molecule has 0 unspecified atom stereocenters. The molecule has 88 valence electrons. The van der Waals surface area contributed by atoms with E-state index < -0.39 is 5.56 Å². The van der Waals surface area contributed by atoms with Gasteiger partial charge in [0, 0.05) is 10.6 Å². The molecule has 1 aromatic carbocycles. The van der Waals surface area contributed by atoms with Crippen LogP contribution in [0.1, 0.15) is 5.56 Å². The van der Waals surface area contributed by atoms with Gasteiger partial charge in [0.1, 0.15) is 5.82 Å². The van der Waals surface area contributed by atoms with Crippen LogP contribution < -0.4 is 5.56 Å². The highest BCUT2D eigenvalue weighted by Crippen LogP contribution is 2.28. The van der Waals surface area contributed by atoms with Gasteiger partial charge in [-0.2, -0.15) is 4.98 Å². The minimum atomic E-state index is -0.413. The molecule has 0 radical (unpaired) electrons. The summed E-state index contributed by atoms with van der Waals surface area (Å²) in [5, 5.41) is 10.3. The number of nitrogens with one attached hydrogen (secondary N) is 1. The average Bonchev–Trinajstić information content (AvgIpc) is 2.28. The van der Waals surface area contributed by atoms with Gasteiger partial charge in [0.15, 0.2) is 0 Å². The molecule has 0 spiro atoms. The lowest BCUT2D eigenvalue weighted by Gasteiger charge is -2.05. The third kappa shape index (κ3) is 2.28. The van der Waals surface area contributed by atoms with Gasteiger partial charge in [0.25, 0.3) is 5.56 Å². The molecule has 0 atom stereocenters. The lowest BCUT2D eigenvalue weighted by Crippen LogP contribution is -2.12. The monoisotopic (exact) mass is 270 g/mol. The highest BCUT2D eigenvalue weighted by atomic mass is 35.5. The Morgan fingerprint density at radius 1 is 1.35 bits per heavy atom. The van der Waals surface area contributed by atoms with Crippen molar-refractivity contribution in [2.75, 3.05) is 0 Å². The lowest BCUT2D eigenvalue weighted by molar-refractivity contribution is 0.447. The van der Waals surface area contributed by atoms with Gasteiger partial charge in [0.2, 0.25) is 5.88 Å². The van der Waals surface area contributed by atoms with Crippen LogP contribution in [0.25, 0.3) is 11.4 Å². The molecule has 2 aromatic rings. The fraction of sp³-hybridized carbons (Fsp3) is 0.0909. The number of hydrogen-bond donors (Lipinski definition) is 2. The molecule has 0 saturated carbocycles. The number of aromatic hydroxyl groups is 1. The van der Waals surface area contributed by atoms with Crippen molar-refractivity contribution in [3.05, 3.63) is 44.2 Å². The van der Waals surface area contributed by atoms with Crippen molar-refractivity contribution in [3.8, 4) is 17.3 Å². The minimum absolute atomic E-state index is 0.159. The van der Waals surface area contributed by atoms with E-state index in [1.165, 1.54) is 6.92 Å². The summed E-state index contributed by atoms with van der Waals surface area (Å²) in [6.45, 7) is 1.48. The average molecular weight is 271 g/mol.